The van der Waals surface area contributed by atoms with E-state index in [1.165, 1.54) is 16.4 Å². The largest absolute Gasteiger partial charge is 0.271 e. The summed E-state index contributed by atoms with van der Waals surface area (Å²) in [5, 5.41) is 6.13. The number of aromatic nitrogens is 2. The van der Waals surface area contributed by atoms with Crippen LogP contribution in [0.25, 0.3) is 0 Å². The first-order chi connectivity index (χ1) is 7.36. The van der Waals surface area contributed by atoms with Gasteiger partial charge in [0.1, 0.15) is 0 Å². The molecule has 4 nitrogen and oxygen atoms in total. The molecule has 0 fully saturated rings. The lowest BCUT2D eigenvalue weighted by atomic mass is 10.1. The Kier molecular flexibility index (Phi) is 3.42. The molecular formula is C9H12N4S2. The highest BCUT2D eigenvalue weighted by atomic mass is 32.1. The molecular weight excluding hydrogens is 228 g/mol. The summed E-state index contributed by atoms with van der Waals surface area (Å²) >= 11 is 3.09. The Labute approximate surface area is 96.3 Å². The van der Waals surface area contributed by atoms with Crippen LogP contribution in [0.1, 0.15) is 28.4 Å². The van der Waals surface area contributed by atoms with Crippen molar-refractivity contribution < 1.29 is 0 Å². The number of hydrogen-bond acceptors (Lipinski definition) is 6. The van der Waals surface area contributed by atoms with Crippen molar-refractivity contribution in [3.8, 4) is 0 Å². The van der Waals surface area contributed by atoms with Crippen LogP contribution >= 0.6 is 22.9 Å². The van der Waals surface area contributed by atoms with E-state index < -0.39 is 0 Å². The molecule has 3 N–H and O–H groups in total. The monoisotopic (exact) mass is 240 g/mol. The molecule has 0 saturated carbocycles. The zero-order valence-corrected chi connectivity index (χ0v) is 9.94. The van der Waals surface area contributed by atoms with Gasteiger partial charge in [0.25, 0.3) is 0 Å². The minimum atomic E-state index is 0.0277. The van der Waals surface area contributed by atoms with Crippen LogP contribution in [-0.2, 0) is 6.42 Å². The van der Waals surface area contributed by atoms with Crippen molar-refractivity contribution >= 4 is 22.9 Å². The number of aryl methyl sites for hydroxylation is 1. The van der Waals surface area contributed by atoms with Gasteiger partial charge in [0, 0.05) is 4.88 Å². The second kappa shape index (κ2) is 4.80. The number of hydrazine groups is 1. The Hall–Kier alpha value is -0.820. The van der Waals surface area contributed by atoms with Crippen LogP contribution < -0.4 is 11.3 Å². The second-order valence-corrected chi connectivity index (χ2v) is 4.82. The molecule has 2 heterocycles. The van der Waals surface area contributed by atoms with E-state index in [2.05, 4.69) is 28.0 Å². The highest BCUT2D eigenvalue weighted by molar-refractivity contribution is 7.10. The SMILES string of the molecule is CCc1nnsc1C(NN)c1cccs1. The summed E-state index contributed by atoms with van der Waals surface area (Å²) in [7, 11) is 0. The fourth-order valence-electron chi connectivity index (χ4n) is 1.42. The van der Waals surface area contributed by atoms with Crippen LogP contribution in [0.3, 0.4) is 0 Å². The van der Waals surface area contributed by atoms with Crippen LogP contribution in [0.5, 0.6) is 0 Å². The van der Waals surface area contributed by atoms with E-state index in [4.69, 9.17) is 5.84 Å². The maximum absolute atomic E-state index is 5.59. The third kappa shape index (κ3) is 2.07. The molecule has 6 heteroatoms. The van der Waals surface area contributed by atoms with Crippen molar-refractivity contribution in [1.29, 1.82) is 0 Å². The predicted molar refractivity (Wildman–Crippen MR) is 62.8 cm³/mol. The zero-order chi connectivity index (χ0) is 10.7. The molecule has 0 spiro atoms. The lowest BCUT2D eigenvalue weighted by Gasteiger charge is -2.12. The number of thiophene rings is 1. The molecule has 0 aromatic carbocycles. The highest BCUT2D eigenvalue weighted by Gasteiger charge is 2.19. The molecule has 0 aliphatic heterocycles. The zero-order valence-electron chi connectivity index (χ0n) is 8.30. The number of hydrogen-bond donors (Lipinski definition) is 2. The summed E-state index contributed by atoms with van der Waals surface area (Å²) in [5.41, 5.74) is 3.85. The molecule has 2 rings (SSSR count). The molecule has 0 aliphatic carbocycles. The van der Waals surface area contributed by atoms with E-state index in [1.54, 1.807) is 11.3 Å². The maximum atomic E-state index is 5.59. The molecule has 0 amide bonds. The fraction of sp³-hybridized carbons (Fsp3) is 0.333. The Morgan fingerprint density at radius 3 is 3.07 bits per heavy atom. The smallest absolute Gasteiger partial charge is 0.0929 e. The summed E-state index contributed by atoms with van der Waals surface area (Å²) in [4.78, 5) is 2.31. The number of nitrogens with zero attached hydrogens (tertiary/aromatic N) is 2. The Morgan fingerprint density at radius 2 is 2.47 bits per heavy atom. The quantitative estimate of drug-likeness (QED) is 0.631. The highest BCUT2D eigenvalue weighted by Crippen LogP contribution is 2.29. The first-order valence-electron chi connectivity index (χ1n) is 4.67. The summed E-state index contributed by atoms with van der Waals surface area (Å²) in [6, 6.07) is 4.11. The van der Waals surface area contributed by atoms with Gasteiger partial charge in [0.15, 0.2) is 0 Å². The van der Waals surface area contributed by atoms with Gasteiger partial charge in [-0.2, -0.15) is 0 Å². The molecule has 0 saturated heterocycles. The van der Waals surface area contributed by atoms with E-state index in [0.717, 1.165) is 17.0 Å². The molecule has 0 bridgehead atoms. The standard InChI is InChI=1S/C9H12N4S2/c1-2-6-9(15-13-12-6)8(11-10)7-4-3-5-14-7/h3-5,8,11H,2,10H2,1H3. The van der Waals surface area contributed by atoms with Gasteiger partial charge in [-0.25, -0.2) is 5.43 Å². The predicted octanol–water partition coefficient (Wildman–Crippen LogP) is 1.71. The first-order valence-corrected chi connectivity index (χ1v) is 6.32. The van der Waals surface area contributed by atoms with Crippen LogP contribution in [0, 0.1) is 0 Å². The number of nitrogens with one attached hydrogen (secondary N) is 1. The average Bonchev–Trinajstić information content (AvgIpc) is 2.89. The van der Waals surface area contributed by atoms with Gasteiger partial charge in [-0.15, -0.1) is 16.4 Å². The van der Waals surface area contributed by atoms with Crippen molar-refractivity contribution in [3.05, 3.63) is 33.0 Å². The van der Waals surface area contributed by atoms with Crippen LogP contribution in [-0.4, -0.2) is 9.59 Å². The van der Waals surface area contributed by atoms with Gasteiger partial charge < -0.3 is 0 Å². The lowest BCUT2D eigenvalue weighted by Crippen LogP contribution is -2.28. The van der Waals surface area contributed by atoms with E-state index in [-0.39, 0.29) is 6.04 Å². The van der Waals surface area contributed by atoms with Crippen molar-refractivity contribution in [1.82, 2.24) is 15.0 Å². The topological polar surface area (TPSA) is 63.8 Å². The van der Waals surface area contributed by atoms with Crippen molar-refractivity contribution in [3.63, 3.8) is 0 Å². The van der Waals surface area contributed by atoms with E-state index >= 15 is 0 Å². The molecule has 1 atom stereocenters. The van der Waals surface area contributed by atoms with Gasteiger partial charge in [0.2, 0.25) is 0 Å². The summed E-state index contributed by atoms with van der Waals surface area (Å²) in [6.45, 7) is 2.07. The van der Waals surface area contributed by atoms with Crippen molar-refractivity contribution in [2.45, 2.75) is 19.4 Å². The van der Waals surface area contributed by atoms with Crippen LogP contribution in [0.4, 0.5) is 0 Å². The summed E-state index contributed by atoms with van der Waals surface area (Å²) in [5.74, 6) is 5.59. The first kappa shape index (κ1) is 10.7. The average molecular weight is 240 g/mol. The third-order valence-electron chi connectivity index (χ3n) is 2.18. The van der Waals surface area contributed by atoms with Gasteiger partial charge in [-0.05, 0) is 29.4 Å². The fourth-order valence-corrected chi connectivity index (χ4v) is 3.11. The van der Waals surface area contributed by atoms with E-state index in [9.17, 15) is 0 Å². The van der Waals surface area contributed by atoms with E-state index in [1.807, 2.05) is 11.4 Å². The molecule has 15 heavy (non-hydrogen) atoms. The lowest BCUT2D eigenvalue weighted by molar-refractivity contribution is 0.648. The van der Waals surface area contributed by atoms with Crippen molar-refractivity contribution in [2.75, 3.05) is 0 Å². The minimum absolute atomic E-state index is 0.0277. The van der Waals surface area contributed by atoms with Crippen molar-refractivity contribution in [2.24, 2.45) is 5.84 Å². The van der Waals surface area contributed by atoms with Gasteiger partial charge in [0.05, 0.1) is 16.6 Å². The third-order valence-corrected chi connectivity index (χ3v) is 3.95. The Balaban J connectivity index is 2.35. The van der Waals surface area contributed by atoms with Gasteiger partial charge in [-0.3, -0.25) is 5.84 Å². The van der Waals surface area contributed by atoms with Crippen LogP contribution in [0.15, 0.2) is 17.5 Å². The summed E-state index contributed by atoms with van der Waals surface area (Å²) < 4.78 is 3.97. The normalized spacial score (nSPS) is 12.9. The number of rotatable bonds is 4. The minimum Gasteiger partial charge on any atom is -0.271 e. The van der Waals surface area contributed by atoms with Crippen LogP contribution in [0.2, 0.25) is 0 Å². The maximum Gasteiger partial charge on any atom is 0.0929 e. The Morgan fingerprint density at radius 1 is 1.60 bits per heavy atom. The van der Waals surface area contributed by atoms with Gasteiger partial charge >= 0.3 is 0 Å². The molecule has 0 radical (unpaired) electrons. The van der Waals surface area contributed by atoms with E-state index in [0.29, 0.717) is 0 Å². The summed E-state index contributed by atoms with van der Waals surface area (Å²) in [6.07, 6.45) is 0.884. The molecule has 0 aliphatic rings. The molecule has 2 aromatic rings. The molecule has 2 aromatic heterocycles. The molecule has 80 valence electrons. The van der Waals surface area contributed by atoms with Gasteiger partial charge in [-0.1, -0.05) is 17.5 Å². The second-order valence-electron chi connectivity index (χ2n) is 3.05. The number of nitrogens with two attached hydrogens (primary N) is 1. The molecule has 1 unspecified atom stereocenters. The Bertz CT molecular complexity index is 409.